The van der Waals surface area contributed by atoms with Crippen LogP contribution in [0.1, 0.15) is 34.6 Å². The van der Waals surface area contributed by atoms with Gasteiger partial charge in [0.1, 0.15) is 18.1 Å². The maximum atomic E-state index is 12.8. The number of carbonyl (C=O) groups excluding carboxylic acids is 1. The smallest absolute Gasteiger partial charge is 0.274 e. The highest BCUT2D eigenvalue weighted by Crippen LogP contribution is 2.19. The molecule has 0 aliphatic carbocycles. The van der Waals surface area contributed by atoms with Crippen LogP contribution in [-0.4, -0.2) is 72.4 Å². The van der Waals surface area contributed by atoms with Gasteiger partial charge in [-0.3, -0.25) is 9.69 Å². The summed E-state index contributed by atoms with van der Waals surface area (Å²) >= 11 is 0. The molecule has 1 N–H and O–H groups in total. The van der Waals surface area contributed by atoms with Gasteiger partial charge in [0.2, 0.25) is 0 Å². The second kappa shape index (κ2) is 11.8. The molecule has 9 heteroatoms. The quantitative estimate of drug-likeness (QED) is 0.478. The van der Waals surface area contributed by atoms with E-state index in [0.29, 0.717) is 30.6 Å². The van der Waals surface area contributed by atoms with Crippen LogP contribution in [0.25, 0.3) is 5.69 Å². The Kier molecular flexibility index (Phi) is 8.33. The van der Waals surface area contributed by atoms with E-state index in [4.69, 9.17) is 14.2 Å². The summed E-state index contributed by atoms with van der Waals surface area (Å²) in [4.78, 5) is 15.1. The fourth-order valence-corrected chi connectivity index (χ4v) is 4.15. The summed E-state index contributed by atoms with van der Waals surface area (Å²) in [5.41, 5.74) is 2.67. The van der Waals surface area contributed by atoms with Gasteiger partial charge in [0, 0.05) is 38.4 Å². The fourth-order valence-electron chi connectivity index (χ4n) is 4.15. The number of ether oxygens (including phenoxy) is 3. The van der Waals surface area contributed by atoms with Crippen LogP contribution in [0, 0.1) is 6.92 Å². The molecular formula is C26H33N5O4. The SMILES string of the molecule is COc1cccc(-n2nnc(C(=O)NCc3cccc(OCCN(C)C4CCOCC4)c3)c2C)c1. The third-order valence-electron chi connectivity index (χ3n) is 6.29. The molecule has 0 unspecified atom stereocenters. The minimum absolute atomic E-state index is 0.277. The first-order valence-electron chi connectivity index (χ1n) is 11.9. The number of amides is 1. The van der Waals surface area contributed by atoms with Gasteiger partial charge in [0.15, 0.2) is 5.69 Å². The van der Waals surface area contributed by atoms with Crippen molar-refractivity contribution in [2.45, 2.75) is 32.4 Å². The Morgan fingerprint density at radius 2 is 1.94 bits per heavy atom. The van der Waals surface area contributed by atoms with Gasteiger partial charge in [-0.1, -0.05) is 23.4 Å². The van der Waals surface area contributed by atoms with E-state index < -0.39 is 0 Å². The van der Waals surface area contributed by atoms with Crippen molar-refractivity contribution < 1.29 is 19.0 Å². The van der Waals surface area contributed by atoms with Gasteiger partial charge in [-0.15, -0.1) is 5.10 Å². The van der Waals surface area contributed by atoms with Crippen LogP contribution in [-0.2, 0) is 11.3 Å². The molecule has 0 spiro atoms. The van der Waals surface area contributed by atoms with Crippen LogP contribution in [0.4, 0.5) is 0 Å². The number of nitrogens with one attached hydrogen (secondary N) is 1. The van der Waals surface area contributed by atoms with Crippen molar-refractivity contribution in [3.05, 3.63) is 65.5 Å². The van der Waals surface area contributed by atoms with Crippen LogP contribution in [0.5, 0.6) is 11.5 Å². The summed E-state index contributed by atoms with van der Waals surface area (Å²) in [5, 5.41) is 11.2. The van der Waals surface area contributed by atoms with E-state index in [0.717, 1.165) is 49.6 Å². The zero-order chi connectivity index (χ0) is 24.6. The van der Waals surface area contributed by atoms with Crippen molar-refractivity contribution in [2.75, 3.05) is 40.5 Å². The molecule has 0 saturated carbocycles. The number of nitrogens with zero attached hydrogens (tertiary/aromatic N) is 4. The third-order valence-corrected chi connectivity index (χ3v) is 6.29. The minimum Gasteiger partial charge on any atom is -0.497 e. The van der Waals surface area contributed by atoms with Crippen LogP contribution >= 0.6 is 0 Å². The zero-order valence-electron chi connectivity index (χ0n) is 20.6. The molecule has 1 aliphatic heterocycles. The Balaban J connectivity index is 1.30. The van der Waals surface area contributed by atoms with Crippen molar-refractivity contribution >= 4 is 5.91 Å². The van der Waals surface area contributed by atoms with Gasteiger partial charge in [-0.25, -0.2) is 4.68 Å². The molecule has 1 aromatic heterocycles. The van der Waals surface area contributed by atoms with Gasteiger partial charge in [0.05, 0.1) is 18.5 Å². The summed E-state index contributed by atoms with van der Waals surface area (Å²) < 4.78 is 18.3. The lowest BCUT2D eigenvalue weighted by molar-refractivity contribution is 0.0392. The Labute approximate surface area is 206 Å². The van der Waals surface area contributed by atoms with Crippen LogP contribution in [0.15, 0.2) is 48.5 Å². The number of aromatic nitrogens is 3. The van der Waals surface area contributed by atoms with Crippen molar-refractivity contribution in [1.29, 1.82) is 0 Å². The molecule has 2 aromatic carbocycles. The summed E-state index contributed by atoms with van der Waals surface area (Å²) in [6, 6.07) is 15.8. The Morgan fingerprint density at radius 1 is 1.17 bits per heavy atom. The van der Waals surface area contributed by atoms with Gasteiger partial charge >= 0.3 is 0 Å². The number of likely N-dealkylation sites (N-methyl/N-ethyl adjacent to an activating group) is 1. The molecule has 0 radical (unpaired) electrons. The molecule has 2 heterocycles. The second-order valence-corrected chi connectivity index (χ2v) is 8.64. The lowest BCUT2D eigenvalue weighted by Gasteiger charge is -2.31. The van der Waals surface area contributed by atoms with E-state index >= 15 is 0 Å². The summed E-state index contributed by atoms with van der Waals surface area (Å²) in [6.07, 6.45) is 2.14. The van der Waals surface area contributed by atoms with E-state index in [2.05, 4.69) is 27.6 Å². The molecule has 1 fully saturated rings. The Morgan fingerprint density at radius 3 is 2.74 bits per heavy atom. The molecule has 186 valence electrons. The van der Waals surface area contributed by atoms with E-state index in [1.165, 1.54) is 0 Å². The second-order valence-electron chi connectivity index (χ2n) is 8.64. The average Bonchev–Trinajstić information content (AvgIpc) is 3.29. The molecule has 1 amide bonds. The molecule has 4 rings (SSSR count). The molecular weight excluding hydrogens is 446 g/mol. The maximum Gasteiger partial charge on any atom is 0.274 e. The van der Waals surface area contributed by atoms with Gasteiger partial charge in [-0.2, -0.15) is 0 Å². The van der Waals surface area contributed by atoms with Crippen molar-refractivity contribution in [1.82, 2.24) is 25.2 Å². The maximum absolute atomic E-state index is 12.8. The molecule has 1 aliphatic rings. The van der Waals surface area contributed by atoms with Crippen LogP contribution in [0.3, 0.4) is 0 Å². The number of hydrogen-bond acceptors (Lipinski definition) is 7. The summed E-state index contributed by atoms with van der Waals surface area (Å²) in [7, 11) is 3.75. The topological polar surface area (TPSA) is 90.7 Å². The zero-order valence-corrected chi connectivity index (χ0v) is 20.6. The highest BCUT2D eigenvalue weighted by molar-refractivity contribution is 5.93. The van der Waals surface area contributed by atoms with E-state index in [1.54, 1.807) is 11.8 Å². The molecule has 35 heavy (non-hydrogen) atoms. The van der Waals surface area contributed by atoms with Gasteiger partial charge in [0.25, 0.3) is 5.91 Å². The number of methoxy groups -OCH3 is 1. The Bertz CT molecular complexity index is 1130. The number of rotatable bonds is 10. The standard InChI is InChI=1S/C26H33N5O4/c1-19-25(28-29-31(19)22-7-5-8-23(17-22)33-3)26(32)27-18-20-6-4-9-24(16-20)35-15-12-30(2)21-10-13-34-14-11-21/h4-9,16-17,21H,10-15,18H2,1-3H3,(H,27,32). The first-order chi connectivity index (χ1) is 17.0. The number of carbonyl (C=O) groups is 1. The van der Waals surface area contributed by atoms with E-state index in [-0.39, 0.29) is 11.6 Å². The predicted octanol–water partition coefficient (Wildman–Crippen LogP) is 3.00. The monoisotopic (exact) mass is 479 g/mol. The summed E-state index contributed by atoms with van der Waals surface area (Å²) in [6.45, 7) is 5.31. The molecule has 0 bridgehead atoms. The first kappa shape index (κ1) is 24.7. The fraction of sp³-hybridized carbons (Fsp3) is 0.423. The van der Waals surface area contributed by atoms with Crippen LogP contribution in [0.2, 0.25) is 0 Å². The Hall–Kier alpha value is -3.43. The predicted molar refractivity (Wildman–Crippen MR) is 132 cm³/mol. The van der Waals surface area contributed by atoms with Crippen LogP contribution < -0.4 is 14.8 Å². The lowest BCUT2D eigenvalue weighted by atomic mass is 10.1. The normalized spacial score (nSPS) is 14.2. The van der Waals surface area contributed by atoms with E-state index in [1.807, 2.05) is 55.5 Å². The van der Waals surface area contributed by atoms with Crippen molar-refractivity contribution in [3.63, 3.8) is 0 Å². The van der Waals surface area contributed by atoms with Crippen molar-refractivity contribution in [3.8, 4) is 17.2 Å². The highest BCUT2D eigenvalue weighted by Gasteiger charge is 2.19. The molecule has 9 nitrogen and oxygen atoms in total. The average molecular weight is 480 g/mol. The molecule has 1 saturated heterocycles. The number of benzene rings is 2. The minimum atomic E-state index is -0.277. The first-order valence-corrected chi connectivity index (χ1v) is 11.9. The molecule has 0 atom stereocenters. The van der Waals surface area contributed by atoms with E-state index in [9.17, 15) is 4.79 Å². The number of hydrogen-bond donors (Lipinski definition) is 1. The lowest BCUT2D eigenvalue weighted by Crippen LogP contribution is -2.38. The summed E-state index contributed by atoms with van der Waals surface area (Å²) in [5.74, 6) is 1.22. The van der Waals surface area contributed by atoms with Gasteiger partial charge in [-0.05, 0) is 56.6 Å². The molecule has 3 aromatic rings. The van der Waals surface area contributed by atoms with Crippen molar-refractivity contribution in [2.24, 2.45) is 0 Å². The third kappa shape index (κ3) is 6.37. The highest BCUT2D eigenvalue weighted by atomic mass is 16.5. The van der Waals surface area contributed by atoms with Gasteiger partial charge < -0.3 is 19.5 Å². The largest absolute Gasteiger partial charge is 0.497 e.